The number of nitrogens with two attached hydrogens (primary N) is 1. The van der Waals surface area contributed by atoms with Crippen LogP contribution in [0.4, 0.5) is 0 Å². The first-order valence-corrected chi connectivity index (χ1v) is 22.7. The number of phosphoric acid groups is 1. The largest absolute Gasteiger partial charge is 0.480 e. The first-order chi connectivity index (χ1) is 25.6. The Bertz CT molecular complexity index is 963. The summed E-state index contributed by atoms with van der Waals surface area (Å²) >= 11 is 0. The number of rotatable bonds is 40. The van der Waals surface area contributed by atoms with E-state index in [-0.39, 0.29) is 19.4 Å². The average molecular weight is 776 g/mol. The lowest BCUT2D eigenvalue weighted by Gasteiger charge is -2.20. The van der Waals surface area contributed by atoms with E-state index in [1.807, 2.05) is 0 Å². The summed E-state index contributed by atoms with van der Waals surface area (Å²) in [4.78, 5) is 45.9. The fraction of sp³-hybridized carbons (Fsp3) is 0.878. The van der Waals surface area contributed by atoms with Gasteiger partial charge in [-0.25, -0.2) is 4.57 Å². The number of carboxylic acids is 1. The van der Waals surface area contributed by atoms with E-state index in [1.165, 1.54) is 103 Å². The monoisotopic (exact) mass is 776 g/mol. The summed E-state index contributed by atoms with van der Waals surface area (Å²) in [5.41, 5.74) is 5.33. The molecule has 12 heteroatoms. The highest BCUT2D eigenvalue weighted by molar-refractivity contribution is 7.47. The molecule has 53 heavy (non-hydrogen) atoms. The Morgan fingerprint density at radius 1 is 0.566 bits per heavy atom. The summed E-state index contributed by atoms with van der Waals surface area (Å²) in [6.45, 7) is 2.80. The van der Waals surface area contributed by atoms with Crippen molar-refractivity contribution in [3.05, 3.63) is 12.2 Å². The van der Waals surface area contributed by atoms with Crippen molar-refractivity contribution in [2.75, 3.05) is 19.8 Å². The third-order valence-electron chi connectivity index (χ3n) is 9.26. The second-order valence-electron chi connectivity index (χ2n) is 14.5. The molecule has 0 aliphatic carbocycles. The van der Waals surface area contributed by atoms with Crippen molar-refractivity contribution < 1.29 is 47.5 Å². The van der Waals surface area contributed by atoms with Crippen LogP contribution in [-0.2, 0) is 37.5 Å². The van der Waals surface area contributed by atoms with Gasteiger partial charge in [-0.05, 0) is 38.5 Å². The number of esters is 2. The molecule has 0 aromatic heterocycles. The lowest BCUT2D eigenvalue weighted by Crippen LogP contribution is -2.34. The van der Waals surface area contributed by atoms with Crippen LogP contribution in [0.1, 0.15) is 200 Å². The number of unbranched alkanes of at least 4 members (excludes halogenated alkanes) is 24. The number of carboxylic acid groups (broad SMARTS) is 1. The summed E-state index contributed by atoms with van der Waals surface area (Å²) in [6, 6.07) is -1.52. The molecular weight excluding hydrogens is 697 g/mol. The molecule has 0 radical (unpaired) electrons. The maximum atomic E-state index is 12.6. The van der Waals surface area contributed by atoms with Crippen LogP contribution in [0, 0.1) is 0 Å². The van der Waals surface area contributed by atoms with Gasteiger partial charge in [0.1, 0.15) is 12.6 Å². The van der Waals surface area contributed by atoms with Crippen LogP contribution in [0.5, 0.6) is 0 Å². The molecule has 0 aliphatic rings. The van der Waals surface area contributed by atoms with Crippen molar-refractivity contribution in [1.29, 1.82) is 0 Å². The standard InChI is InChI=1S/C41H78NO10P/c1-3-5-7-9-11-13-15-17-19-21-23-25-27-29-31-33-40(44)52-37(35-50-53(47,48)51-36-38(42)41(45)46)34-49-39(43)32-30-28-26-24-22-20-18-16-14-12-10-8-6-4-2/h16,18,37-38H,3-15,17,19-36,42H2,1-2H3,(H,45,46)(H,47,48)/b18-16-/t37-,38+/m1/s1. The maximum Gasteiger partial charge on any atom is 0.472 e. The van der Waals surface area contributed by atoms with Gasteiger partial charge in [-0.3, -0.25) is 23.4 Å². The van der Waals surface area contributed by atoms with Gasteiger partial charge in [0, 0.05) is 12.8 Å². The van der Waals surface area contributed by atoms with Crippen molar-refractivity contribution in [3.8, 4) is 0 Å². The first-order valence-electron chi connectivity index (χ1n) is 21.2. The van der Waals surface area contributed by atoms with Gasteiger partial charge < -0.3 is 25.2 Å². The quantitative estimate of drug-likeness (QED) is 0.0234. The third kappa shape index (κ3) is 36.9. The van der Waals surface area contributed by atoms with Gasteiger partial charge in [-0.2, -0.15) is 0 Å². The van der Waals surface area contributed by atoms with Gasteiger partial charge in [-0.1, -0.05) is 161 Å². The van der Waals surface area contributed by atoms with Crippen molar-refractivity contribution in [3.63, 3.8) is 0 Å². The van der Waals surface area contributed by atoms with E-state index in [0.717, 1.165) is 57.8 Å². The predicted octanol–water partition coefficient (Wildman–Crippen LogP) is 10.9. The number of carbonyl (C=O) groups is 3. The Balaban J connectivity index is 4.37. The van der Waals surface area contributed by atoms with Crippen LogP contribution in [0.3, 0.4) is 0 Å². The molecule has 0 amide bonds. The molecule has 0 aromatic rings. The number of aliphatic carboxylic acids is 1. The Morgan fingerprint density at radius 2 is 0.943 bits per heavy atom. The first kappa shape index (κ1) is 51.2. The van der Waals surface area contributed by atoms with Crippen molar-refractivity contribution >= 4 is 25.7 Å². The molecule has 1 unspecified atom stereocenters. The lowest BCUT2D eigenvalue weighted by atomic mass is 10.0. The average Bonchev–Trinajstić information content (AvgIpc) is 3.13. The molecule has 0 aromatic carbocycles. The van der Waals surface area contributed by atoms with Crippen molar-refractivity contribution in [2.24, 2.45) is 5.73 Å². The van der Waals surface area contributed by atoms with E-state index >= 15 is 0 Å². The normalized spacial score (nSPS) is 13.9. The minimum absolute atomic E-state index is 0.165. The van der Waals surface area contributed by atoms with E-state index in [1.54, 1.807) is 0 Å². The Kier molecular flexibility index (Phi) is 35.9. The zero-order chi connectivity index (χ0) is 39.3. The van der Waals surface area contributed by atoms with Crippen LogP contribution in [0.15, 0.2) is 12.2 Å². The molecule has 3 atom stereocenters. The molecule has 4 N–H and O–H groups in total. The van der Waals surface area contributed by atoms with Gasteiger partial charge in [-0.15, -0.1) is 0 Å². The lowest BCUT2D eigenvalue weighted by molar-refractivity contribution is -0.161. The molecule has 0 bridgehead atoms. The fourth-order valence-corrected chi connectivity index (χ4v) is 6.66. The van der Waals surface area contributed by atoms with Crippen LogP contribution in [0.2, 0.25) is 0 Å². The summed E-state index contributed by atoms with van der Waals surface area (Å²) in [5.74, 6) is -2.38. The Labute approximate surface area is 322 Å². The molecule has 0 rings (SSSR count). The number of allylic oxidation sites excluding steroid dienone is 2. The molecule has 0 heterocycles. The number of carbonyl (C=O) groups excluding carboxylic acids is 2. The summed E-state index contributed by atoms with van der Waals surface area (Å²) in [5, 5.41) is 8.87. The van der Waals surface area contributed by atoms with Gasteiger partial charge in [0.25, 0.3) is 0 Å². The summed E-state index contributed by atoms with van der Waals surface area (Å²) in [6.07, 6.45) is 35.6. The molecule has 312 valence electrons. The van der Waals surface area contributed by atoms with E-state index in [0.29, 0.717) is 12.8 Å². The molecule has 0 saturated heterocycles. The third-order valence-corrected chi connectivity index (χ3v) is 10.2. The Morgan fingerprint density at radius 3 is 1.38 bits per heavy atom. The van der Waals surface area contributed by atoms with Gasteiger partial charge in [0.15, 0.2) is 6.10 Å². The second kappa shape index (κ2) is 37.2. The highest BCUT2D eigenvalue weighted by Gasteiger charge is 2.28. The number of ether oxygens (including phenoxy) is 2. The van der Waals surface area contributed by atoms with E-state index in [9.17, 15) is 23.8 Å². The molecule has 11 nitrogen and oxygen atoms in total. The smallest absolute Gasteiger partial charge is 0.472 e. The van der Waals surface area contributed by atoms with Gasteiger partial charge >= 0.3 is 25.7 Å². The highest BCUT2D eigenvalue weighted by atomic mass is 31.2. The molecule has 0 saturated carbocycles. The summed E-state index contributed by atoms with van der Waals surface area (Å²) < 4.78 is 32.6. The topological polar surface area (TPSA) is 172 Å². The van der Waals surface area contributed by atoms with E-state index < -0.39 is 51.1 Å². The summed E-state index contributed by atoms with van der Waals surface area (Å²) in [7, 11) is -4.71. The van der Waals surface area contributed by atoms with Crippen molar-refractivity contribution in [1.82, 2.24) is 0 Å². The van der Waals surface area contributed by atoms with Crippen molar-refractivity contribution in [2.45, 2.75) is 212 Å². The second-order valence-corrected chi connectivity index (χ2v) is 15.9. The van der Waals surface area contributed by atoms with E-state index in [4.69, 9.17) is 24.8 Å². The highest BCUT2D eigenvalue weighted by Crippen LogP contribution is 2.43. The Hall–Kier alpha value is -1.78. The van der Waals surface area contributed by atoms with Crippen LogP contribution >= 0.6 is 7.82 Å². The number of hydrogen-bond donors (Lipinski definition) is 3. The molecule has 0 spiro atoms. The fourth-order valence-electron chi connectivity index (χ4n) is 5.88. The zero-order valence-corrected chi connectivity index (χ0v) is 34.5. The molecular formula is C41H78NO10P. The van der Waals surface area contributed by atoms with Crippen LogP contribution < -0.4 is 5.73 Å². The van der Waals surface area contributed by atoms with Gasteiger partial charge in [0.2, 0.25) is 0 Å². The van der Waals surface area contributed by atoms with Crippen LogP contribution in [-0.4, -0.2) is 59.9 Å². The van der Waals surface area contributed by atoms with Crippen LogP contribution in [0.25, 0.3) is 0 Å². The number of phosphoric ester groups is 1. The minimum Gasteiger partial charge on any atom is -0.480 e. The number of hydrogen-bond acceptors (Lipinski definition) is 9. The predicted molar refractivity (Wildman–Crippen MR) is 213 cm³/mol. The zero-order valence-electron chi connectivity index (χ0n) is 33.6. The molecule has 0 aliphatic heterocycles. The minimum atomic E-state index is -4.71. The maximum absolute atomic E-state index is 12.6. The SMILES string of the molecule is CCCCCCC/C=C\CCCCCCCC(=O)OC[C@H](COP(=O)(O)OC[C@H](N)C(=O)O)OC(=O)CCCCCCCCCCCCCCCCC. The van der Waals surface area contributed by atoms with Gasteiger partial charge in [0.05, 0.1) is 13.2 Å². The molecule has 0 fully saturated rings. The van der Waals surface area contributed by atoms with E-state index in [2.05, 4.69) is 30.5 Å².